The van der Waals surface area contributed by atoms with Gasteiger partial charge in [0.15, 0.2) is 0 Å². The average Bonchev–Trinajstić information content (AvgIpc) is 3.17. The minimum atomic E-state index is -0.805. The molecule has 0 amide bonds. The molecule has 0 unspecified atom stereocenters. The lowest BCUT2D eigenvalue weighted by Gasteiger charge is -2.14. The number of carboxylic acids is 1. The van der Waals surface area contributed by atoms with Crippen LogP contribution in [0, 0.1) is 6.92 Å². The normalized spacial score (nSPS) is 11.0. The molecule has 4 rings (SSSR count). The fraction of sp³-hybridized carbons (Fsp3) is 0.231. The second kappa shape index (κ2) is 9.47. The minimum absolute atomic E-state index is 0.0844. The van der Waals surface area contributed by atoms with Gasteiger partial charge in [-0.15, -0.1) is 0 Å². The van der Waals surface area contributed by atoms with Gasteiger partial charge in [0.1, 0.15) is 5.75 Å². The van der Waals surface area contributed by atoms with Gasteiger partial charge in [-0.05, 0) is 46.9 Å². The summed E-state index contributed by atoms with van der Waals surface area (Å²) in [6, 6.07) is 20.8. The first-order valence-electron chi connectivity index (χ1n) is 10.5. The van der Waals surface area contributed by atoms with Crippen molar-refractivity contribution in [2.45, 2.75) is 32.7 Å². The standard InChI is InChI=1S/C26H26N2O3/c1-19-16-28(18-27-19)17-21-7-9-23(10-11-26(29)30)25(15-21)31-13-12-20-6-8-22-4-2-3-5-24(22)14-20/h2-9,14-16,18H,10-13,17H2,1H3,(H,29,30). The molecule has 0 spiro atoms. The van der Waals surface area contributed by atoms with Gasteiger partial charge in [-0.1, -0.05) is 54.6 Å². The zero-order valence-corrected chi connectivity index (χ0v) is 17.6. The molecular weight excluding hydrogens is 388 g/mol. The molecule has 1 N–H and O–H groups in total. The first kappa shape index (κ1) is 20.7. The summed E-state index contributed by atoms with van der Waals surface area (Å²) in [6.07, 6.45) is 5.13. The Hall–Kier alpha value is -3.60. The Morgan fingerprint density at radius 3 is 2.58 bits per heavy atom. The van der Waals surface area contributed by atoms with Crippen LogP contribution >= 0.6 is 0 Å². The van der Waals surface area contributed by atoms with Crippen molar-refractivity contribution in [1.29, 1.82) is 0 Å². The maximum absolute atomic E-state index is 11.0. The molecule has 0 aliphatic carbocycles. The second-order valence-electron chi connectivity index (χ2n) is 7.80. The van der Waals surface area contributed by atoms with Crippen molar-refractivity contribution in [3.63, 3.8) is 0 Å². The van der Waals surface area contributed by atoms with Crippen LogP contribution in [0.15, 0.2) is 73.2 Å². The van der Waals surface area contributed by atoms with Crippen molar-refractivity contribution in [2.75, 3.05) is 6.61 Å². The van der Waals surface area contributed by atoms with Crippen LogP contribution in [0.1, 0.15) is 28.8 Å². The lowest BCUT2D eigenvalue weighted by atomic mass is 10.0. The zero-order chi connectivity index (χ0) is 21.6. The fourth-order valence-corrected chi connectivity index (χ4v) is 3.72. The van der Waals surface area contributed by atoms with E-state index in [9.17, 15) is 4.79 Å². The zero-order valence-electron chi connectivity index (χ0n) is 17.6. The molecule has 0 aliphatic heterocycles. The Kier molecular flexibility index (Phi) is 6.32. The van der Waals surface area contributed by atoms with Crippen molar-refractivity contribution >= 4 is 16.7 Å². The number of nitrogens with zero attached hydrogens (tertiary/aromatic N) is 2. The van der Waals surface area contributed by atoms with Crippen LogP contribution in [0.3, 0.4) is 0 Å². The molecule has 0 fully saturated rings. The SMILES string of the molecule is Cc1cn(Cc2ccc(CCC(=O)O)c(OCCc3ccc4ccccc4c3)c2)cn1. The number of imidazole rings is 1. The summed E-state index contributed by atoms with van der Waals surface area (Å²) >= 11 is 0. The number of benzene rings is 3. The van der Waals surface area contributed by atoms with Crippen LogP contribution in [0.4, 0.5) is 0 Å². The quantitative estimate of drug-likeness (QED) is 0.417. The third-order valence-corrected chi connectivity index (χ3v) is 5.33. The summed E-state index contributed by atoms with van der Waals surface area (Å²) in [5.41, 5.74) is 4.21. The van der Waals surface area contributed by atoms with Crippen molar-refractivity contribution < 1.29 is 14.6 Å². The summed E-state index contributed by atoms with van der Waals surface area (Å²) in [6.45, 7) is 3.19. The van der Waals surface area contributed by atoms with Crippen LogP contribution in [0.5, 0.6) is 5.75 Å². The molecule has 31 heavy (non-hydrogen) atoms. The third-order valence-electron chi connectivity index (χ3n) is 5.33. The van der Waals surface area contributed by atoms with E-state index in [4.69, 9.17) is 9.84 Å². The van der Waals surface area contributed by atoms with Crippen molar-refractivity contribution in [3.05, 3.63) is 95.6 Å². The number of fused-ring (bicyclic) bond motifs is 1. The number of carbonyl (C=O) groups is 1. The molecule has 0 atom stereocenters. The van der Waals surface area contributed by atoms with E-state index in [0.29, 0.717) is 19.6 Å². The highest BCUT2D eigenvalue weighted by Crippen LogP contribution is 2.24. The maximum Gasteiger partial charge on any atom is 0.303 e. The molecule has 0 aliphatic rings. The number of carboxylic acid groups (broad SMARTS) is 1. The Bertz CT molecular complexity index is 1200. The van der Waals surface area contributed by atoms with Crippen LogP contribution in [-0.2, 0) is 24.2 Å². The molecule has 5 nitrogen and oxygen atoms in total. The smallest absolute Gasteiger partial charge is 0.303 e. The van der Waals surface area contributed by atoms with Crippen molar-refractivity contribution in [1.82, 2.24) is 9.55 Å². The van der Waals surface area contributed by atoms with Gasteiger partial charge in [-0.25, -0.2) is 4.98 Å². The van der Waals surface area contributed by atoms with Crippen LogP contribution in [0.2, 0.25) is 0 Å². The van der Waals surface area contributed by atoms with Gasteiger partial charge in [0.05, 0.1) is 18.6 Å². The maximum atomic E-state index is 11.0. The summed E-state index contributed by atoms with van der Waals surface area (Å²) in [7, 11) is 0. The second-order valence-corrected chi connectivity index (χ2v) is 7.80. The Balaban J connectivity index is 1.47. The molecule has 158 valence electrons. The van der Waals surface area contributed by atoms with Gasteiger partial charge in [-0.2, -0.15) is 0 Å². The molecular formula is C26H26N2O3. The number of ether oxygens (including phenoxy) is 1. The fourth-order valence-electron chi connectivity index (χ4n) is 3.72. The highest BCUT2D eigenvalue weighted by molar-refractivity contribution is 5.83. The third kappa shape index (κ3) is 5.51. The lowest BCUT2D eigenvalue weighted by Crippen LogP contribution is -2.06. The Labute approximate surface area is 181 Å². The Morgan fingerprint density at radius 1 is 1.00 bits per heavy atom. The number of hydrogen-bond acceptors (Lipinski definition) is 3. The van der Waals surface area contributed by atoms with Gasteiger partial charge < -0.3 is 14.4 Å². The van der Waals surface area contributed by atoms with Gasteiger partial charge in [0, 0.05) is 25.6 Å². The number of rotatable bonds is 9. The summed E-state index contributed by atoms with van der Waals surface area (Å²) < 4.78 is 8.18. The van der Waals surface area contributed by atoms with Gasteiger partial charge in [0.25, 0.3) is 0 Å². The number of aromatic nitrogens is 2. The topological polar surface area (TPSA) is 64.4 Å². The molecule has 1 aromatic heterocycles. The van der Waals surface area contributed by atoms with E-state index in [0.717, 1.165) is 29.0 Å². The van der Waals surface area contributed by atoms with E-state index in [1.165, 1.54) is 16.3 Å². The molecule has 0 saturated carbocycles. The molecule has 0 radical (unpaired) electrons. The predicted octanol–water partition coefficient (Wildman–Crippen LogP) is 5.03. The van der Waals surface area contributed by atoms with Crippen LogP contribution < -0.4 is 4.74 Å². The van der Waals surface area contributed by atoms with E-state index in [1.54, 1.807) is 0 Å². The average molecular weight is 415 g/mol. The number of aliphatic carboxylic acids is 1. The lowest BCUT2D eigenvalue weighted by molar-refractivity contribution is -0.136. The molecule has 3 aromatic carbocycles. The molecule has 4 aromatic rings. The van der Waals surface area contributed by atoms with E-state index >= 15 is 0 Å². The monoisotopic (exact) mass is 414 g/mol. The Morgan fingerprint density at radius 2 is 1.81 bits per heavy atom. The van der Waals surface area contributed by atoms with E-state index in [1.807, 2.05) is 54.3 Å². The summed E-state index contributed by atoms with van der Waals surface area (Å²) in [4.78, 5) is 15.3. The van der Waals surface area contributed by atoms with Gasteiger partial charge in [-0.3, -0.25) is 4.79 Å². The summed E-state index contributed by atoms with van der Waals surface area (Å²) in [5, 5.41) is 11.5. The summed E-state index contributed by atoms with van der Waals surface area (Å²) in [5.74, 6) is -0.0449. The van der Waals surface area contributed by atoms with Crippen molar-refractivity contribution in [3.8, 4) is 5.75 Å². The number of hydrogen-bond donors (Lipinski definition) is 1. The van der Waals surface area contributed by atoms with Gasteiger partial charge in [0.2, 0.25) is 0 Å². The van der Waals surface area contributed by atoms with Crippen LogP contribution in [0.25, 0.3) is 10.8 Å². The predicted molar refractivity (Wildman–Crippen MR) is 122 cm³/mol. The molecule has 1 heterocycles. The first-order valence-corrected chi connectivity index (χ1v) is 10.5. The van der Waals surface area contributed by atoms with E-state index in [-0.39, 0.29) is 6.42 Å². The first-order chi connectivity index (χ1) is 15.1. The molecule has 0 bridgehead atoms. The van der Waals surface area contributed by atoms with Gasteiger partial charge >= 0.3 is 5.97 Å². The minimum Gasteiger partial charge on any atom is -0.493 e. The highest BCUT2D eigenvalue weighted by Gasteiger charge is 2.09. The van der Waals surface area contributed by atoms with Crippen molar-refractivity contribution in [2.24, 2.45) is 0 Å². The highest BCUT2D eigenvalue weighted by atomic mass is 16.5. The van der Waals surface area contributed by atoms with Crippen LogP contribution in [-0.4, -0.2) is 27.2 Å². The molecule has 5 heteroatoms. The van der Waals surface area contributed by atoms with E-state index in [2.05, 4.69) is 35.3 Å². The molecule has 0 saturated heterocycles. The largest absolute Gasteiger partial charge is 0.493 e. The number of aryl methyl sites for hydroxylation is 2. The van der Waals surface area contributed by atoms with E-state index < -0.39 is 5.97 Å².